The van der Waals surface area contributed by atoms with Crippen LogP contribution in [0.5, 0.6) is 17.6 Å². The summed E-state index contributed by atoms with van der Waals surface area (Å²) in [7, 11) is 1.57. The van der Waals surface area contributed by atoms with Crippen LogP contribution in [-0.4, -0.2) is 57.6 Å². The molecule has 3 heterocycles. The fourth-order valence-electron chi connectivity index (χ4n) is 4.78. The monoisotopic (exact) mass is 491 g/mol. The van der Waals surface area contributed by atoms with Crippen molar-refractivity contribution in [1.82, 2.24) is 25.0 Å². The Labute approximate surface area is 200 Å². The van der Waals surface area contributed by atoms with Gasteiger partial charge in [-0.05, 0) is 42.9 Å². The van der Waals surface area contributed by atoms with E-state index in [2.05, 4.69) is 30.5 Å². The number of nitrogens with zero attached hydrogens (tertiary/aromatic N) is 6. The average Bonchev–Trinajstić information content (AvgIpc) is 3.27. The molecule has 1 saturated carbocycles. The summed E-state index contributed by atoms with van der Waals surface area (Å²) in [6.07, 6.45) is 1.25. The van der Waals surface area contributed by atoms with E-state index in [4.69, 9.17) is 21.1 Å². The lowest BCUT2D eigenvalue weighted by Crippen LogP contribution is -2.48. The van der Waals surface area contributed by atoms with Crippen LogP contribution in [0.15, 0.2) is 36.5 Å². The Morgan fingerprint density at radius 3 is 2.71 bits per heavy atom. The summed E-state index contributed by atoms with van der Waals surface area (Å²) in [5.41, 5.74) is 0.971. The van der Waals surface area contributed by atoms with E-state index in [0.717, 1.165) is 36.3 Å². The van der Waals surface area contributed by atoms with E-state index in [9.17, 15) is 8.78 Å². The molecule has 2 aromatic heterocycles. The Bertz CT molecular complexity index is 1130. The summed E-state index contributed by atoms with van der Waals surface area (Å²) in [6, 6.07) is 8.69. The Morgan fingerprint density at radius 2 is 2.00 bits per heavy atom. The minimum Gasteiger partial charge on any atom is -0.480 e. The molecule has 0 radical (unpaired) electrons. The van der Waals surface area contributed by atoms with Gasteiger partial charge in [-0.25, -0.2) is 13.5 Å². The van der Waals surface area contributed by atoms with Crippen molar-refractivity contribution in [2.24, 2.45) is 11.8 Å². The predicted octanol–water partition coefficient (Wildman–Crippen LogP) is 4.11. The van der Waals surface area contributed by atoms with Crippen molar-refractivity contribution in [2.45, 2.75) is 31.9 Å². The van der Waals surface area contributed by atoms with Crippen LogP contribution >= 0.6 is 11.6 Å². The second-order valence-corrected chi connectivity index (χ2v) is 8.92. The van der Waals surface area contributed by atoms with Gasteiger partial charge >= 0.3 is 6.01 Å². The van der Waals surface area contributed by atoms with Gasteiger partial charge in [-0.3, -0.25) is 0 Å². The number of piperidine rings is 1. The first-order chi connectivity index (χ1) is 16.5. The first-order valence-electron chi connectivity index (χ1n) is 11.0. The minimum absolute atomic E-state index is 0.00944. The Kier molecular flexibility index (Phi) is 6.36. The zero-order chi connectivity index (χ0) is 23.7. The molecule has 0 spiro atoms. The Balaban J connectivity index is 1.32. The maximum Gasteiger partial charge on any atom is 0.322 e. The summed E-state index contributed by atoms with van der Waals surface area (Å²) < 4.78 is 38.3. The van der Waals surface area contributed by atoms with Crippen molar-refractivity contribution in [3.8, 4) is 17.6 Å². The molecule has 2 atom stereocenters. The van der Waals surface area contributed by atoms with Gasteiger partial charge in [-0.2, -0.15) is 10.1 Å². The Morgan fingerprint density at radius 1 is 1.21 bits per heavy atom. The number of alkyl halides is 2. The van der Waals surface area contributed by atoms with Crippen LogP contribution in [0, 0.1) is 11.8 Å². The highest BCUT2D eigenvalue weighted by Crippen LogP contribution is 2.40. The number of ether oxygens (including phenoxy) is 2. The summed E-state index contributed by atoms with van der Waals surface area (Å²) in [5, 5.41) is 16.1. The average molecular weight is 492 g/mol. The second kappa shape index (κ2) is 9.57. The van der Waals surface area contributed by atoms with E-state index in [1.54, 1.807) is 37.6 Å². The van der Waals surface area contributed by atoms with Gasteiger partial charge < -0.3 is 19.7 Å². The van der Waals surface area contributed by atoms with Crippen LogP contribution in [-0.2, 0) is 6.54 Å². The molecule has 1 aromatic carbocycles. The zero-order valence-electron chi connectivity index (χ0n) is 18.4. The molecule has 1 aliphatic heterocycles. The van der Waals surface area contributed by atoms with E-state index in [1.165, 1.54) is 0 Å². The maximum atomic E-state index is 13.2. The van der Waals surface area contributed by atoms with Crippen molar-refractivity contribution in [3.63, 3.8) is 0 Å². The molecular formula is C22H24ClF2N7O2. The highest BCUT2D eigenvalue weighted by molar-refractivity contribution is 6.30. The summed E-state index contributed by atoms with van der Waals surface area (Å²) >= 11 is 6.01. The molecule has 2 bridgehead atoms. The summed E-state index contributed by atoms with van der Waals surface area (Å²) in [4.78, 5) is 6.66. The number of anilines is 2. The van der Waals surface area contributed by atoms with E-state index in [1.807, 2.05) is 6.07 Å². The molecule has 2 aliphatic rings. The van der Waals surface area contributed by atoms with E-state index in [0.29, 0.717) is 28.5 Å². The van der Waals surface area contributed by atoms with Crippen molar-refractivity contribution in [3.05, 3.63) is 41.6 Å². The molecule has 1 saturated heterocycles. The SMILES string of the molecule is COc1cc(N2CC3CCC(C2)C3Nc2nc(Oc3cccc(Cl)c3)n(CC(F)F)n2)cnn1. The van der Waals surface area contributed by atoms with Crippen LogP contribution in [0.25, 0.3) is 0 Å². The van der Waals surface area contributed by atoms with Crippen molar-refractivity contribution in [2.75, 3.05) is 30.4 Å². The number of benzene rings is 1. The van der Waals surface area contributed by atoms with Gasteiger partial charge in [-0.15, -0.1) is 10.2 Å². The van der Waals surface area contributed by atoms with Crippen LogP contribution < -0.4 is 19.7 Å². The minimum atomic E-state index is -2.60. The largest absolute Gasteiger partial charge is 0.480 e. The first kappa shape index (κ1) is 22.6. The molecule has 0 amide bonds. The predicted molar refractivity (Wildman–Crippen MR) is 122 cm³/mol. The number of hydrogen-bond donors (Lipinski definition) is 1. The lowest BCUT2D eigenvalue weighted by Gasteiger charge is -2.39. The molecule has 34 heavy (non-hydrogen) atoms. The number of fused-ring (bicyclic) bond motifs is 2. The molecule has 3 aromatic rings. The summed E-state index contributed by atoms with van der Waals surface area (Å²) in [6.45, 7) is 1.03. The number of halogens is 3. The van der Waals surface area contributed by atoms with Gasteiger partial charge in [0.1, 0.15) is 12.3 Å². The molecule has 180 valence electrons. The van der Waals surface area contributed by atoms with Crippen molar-refractivity contribution in [1.29, 1.82) is 0 Å². The first-order valence-corrected chi connectivity index (χ1v) is 11.4. The van der Waals surface area contributed by atoms with Crippen LogP contribution in [0.4, 0.5) is 20.4 Å². The van der Waals surface area contributed by atoms with Gasteiger partial charge in [0.15, 0.2) is 0 Å². The lowest BCUT2D eigenvalue weighted by molar-refractivity contribution is 0.118. The fraction of sp³-hybridized carbons (Fsp3) is 0.455. The molecule has 2 fully saturated rings. The molecule has 1 aliphatic carbocycles. The molecule has 9 nitrogen and oxygen atoms in total. The third kappa shape index (κ3) is 4.84. The number of aromatic nitrogens is 5. The maximum absolute atomic E-state index is 13.2. The highest BCUT2D eigenvalue weighted by Gasteiger charge is 2.43. The molecule has 5 rings (SSSR count). The van der Waals surface area contributed by atoms with Crippen LogP contribution in [0.2, 0.25) is 5.02 Å². The van der Waals surface area contributed by atoms with Gasteiger partial charge in [0.2, 0.25) is 11.8 Å². The van der Waals surface area contributed by atoms with Gasteiger partial charge in [0.25, 0.3) is 6.43 Å². The third-order valence-corrected chi connectivity index (χ3v) is 6.51. The topological polar surface area (TPSA) is 90.2 Å². The normalized spacial score (nSPS) is 21.7. The number of methoxy groups -OCH3 is 1. The lowest BCUT2D eigenvalue weighted by atomic mass is 9.92. The fourth-order valence-corrected chi connectivity index (χ4v) is 4.96. The quantitative estimate of drug-likeness (QED) is 0.503. The van der Waals surface area contributed by atoms with Crippen LogP contribution in [0.3, 0.4) is 0 Å². The second-order valence-electron chi connectivity index (χ2n) is 8.48. The highest BCUT2D eigenvalue weighted by atomic mass is 35.5. The standard InChI is InChI=1S/C22H24ClF2N7O2/c1-33-19-8-16(9-26-29-19)31-10-13-5-6-14(11-31)20(13)27-21-28-22(32(30-21)12-18(24)25)34-17-4-2-3-15(23)7-17/h2-4,7-9,13-14,18,20H,5-6,10-12H2,1H3,(H,27,30). The summed E-state index contributed by atoms with van der Waals surface area (Å²) in [5.74, 6) is 1.85. The van der Waals surface area contributed by atoms with Gasteiger partial charge in [-0.1, -0.05) is 17.7 Å². The molecule has 12 heteroatoms. The smallest absolute Gasteiger partial charge is 0.322 e. The van der Waals surface area contributed by atoms with Gasteiger partial charge in [0.05, 0.1) is 19.0 Å². The van der Waals surface area contributed by atoms with Crippen LogP contribution in [0.1, 0.15) is 12.8 Å². The number of nitrogens with one attached hydrogen (secondary N) is 1. The van der Waals surface area contributed by atoms with E-state index >= 15 is 0 Å². The van der Waals surface area contributed by atoms with Crippen molar-refractivity contribution < 1.29 is 18.3 Å². The Hall–Kier alpha value is -3.21. The third-order valence-electron chi connectivity index (χ3n) is 6.28. The number of rotatable bonds is 8. The van der Waals surface area contributed by atoms with E-state index < -0.39 is 13.0 Å². The van der Waals surface area contributed by atoms with Crippen molar-refractivity contribution >= 4 is 23.2 Å². The molecule has 1 N–H and O–H groups in total. The number of hydrogen-bond acceptors (Lipinski definition) is 8. The van der Waals surface area contributed by atoms with E-state index in [-0.39, 0.29) is 18.0 Å². The zero-order valence-corrected chi connectivity index (χ0v) is 19.2. The molecule has 2 unspecified atom stereocenters. The van der Waals surface area contributed by atoms with Gasteiger partial charge in [0, 0.05) is 30.2 Å². The molecular weight excluding hydrogens is 468 g/mol.